The van der Waals surface area contributed by atoms with Gasteiger partial charge in [0.1, 0.15) is 0 Å². The Morgan fingerprint density at radius 3 is 2.70 bits per heavy atom. The number of urea groups is 1. The van der Waals surface area contributed by atoms with Gasteiger partial charge < -0.3 is 5.32 Å². The molecule has 1 aromatic rings. The van der Waals surface area contributed by atoms with Gasteiger partial charge in [0, 0.05) is 12.8 Å². The van der Waals surface area contributed by atoms with Crippen LogP contribution in [-0.4, -0.2) is 40.2 Å². The van der Waals surface area contributed by atoms with Crippen LogP contribution in [0.4, 0.5) is 4.79 Å². The summed E-state index contributed by atoms with van der Waals surface area (Å²) in [6.45, 7) is 0.463. The minimum atomic E-state index is -0.790. The van der Waals surface area contributed by atoms with Crippen LogP contribution in [0.5, 0.6) is 0 Å². The fourth-order valence-electron chi connectivity index (χ4n) is 1.88. The van der Waals surface area contributed by atoms with Gasteiger partial charge in [0.15, 0.2) is 0 Å². The monoisotopic (exact) mass is 385 g/mol. The highest BCUT2D eigenvalue weighted by Crippen LogP contribution is 2.09. The smallest absolute Gasteiger partial charge is 0.308 e. The van der Waals surface area contributed by atoms with Crippen LogP contribution in [0.25, 0.3) is 0 Å². The van der Waals surface area contributed by atoms with E-state index in [4.69, 9.17) is 0 Å². The van der Waals surface area contributed by atoms with E-state index < -0.39 is 6.17 Å². The fraction of sp³-hybridized carbons (Fsp3) is 0.357. The summed E-state index contributed by atoms with van der Waals surface area (Å²) in [4.78, 5) is 29.2. The number of halogens is 1. The molecule has 0 bridgehead atoms. The van der Waals surface area contributed by atoms with Crippen LogP contribution >= 0.6 is 22.6 Å². The number of unbranched alkanes of at least 4 members (excludes halogenated alkanes) is 1. The van der Waals surface area contributed by atoms with Gasteiger partial charge in [0.2, 0.25) is 6.17 Å². The summed E-state index contributed by atoms with van der Waals surface area (Å²) in [5.41, 5.74) is 0.901. The molecule has 1 aliphatic heterocycles. The summed E-state index contributed by atoms with van der Waals surface area (Å²) in [7, 11) is 0. The molecule has 106 valence electrons. The van der Waals surface area contributed by atoms with Gasteiger partial charge >= 0.3 is 6.03 Å². The summed E-state index contributed by atoms with van der Waals surface area (Å²) in [5, 5.41) is 2.59. The second-order valence-electron chi connectivity index (χ2n) is 4.43. The highest BCUT2D eigenvalue weighted by Gasteiger charge is 2.36. The second-order valence-corrected chi connectivity index (χ2v) is 5.51. The predicted molar refractivity (Wildman–Crippen MR) is 86.2 cm³/mol. The lowest BCUT2D eigenvalue weighted by atomic mass is 10.2. The molecule has 2 rings (SSSR count). The number of rotatable bonds is 6. The Hall–Kier alpha value is -1.44. The number of carbonyl (C=O) groups is 2. The Balaban J connectivity index is 1.96. The zero-order chi connectivity index (χ0) is 14.4. The first-order valence-corrected chi connectivity index (χ1v) is 8.01. The van der Waals surface area contributed by atoms with E-state index in [0.717, 1.165) is 22.8 Å². The van der Waals surface area contributed by atoms with Crippen LogP contribution < -0.4 is 5.32 Å². The first kappa shape index (κ1) is 15.0. The summed E-state index contributed by atoms with van der Waals surface area (Å²) in [6, 6.07) is 9.14. The number of aliphatic imine (C=N–C) groups is 1. The van der Waals surface area contributed by atoms with Crippen LogP contribution in [0.3, 0.4) is 0 Å². The number of imide groups is 1. The maximum absolute atomic E-state index is 12.1. The van der Waals surface area contributed by atoms with Crippen LogP contribution in [0.1, 0.15) is 18.4 Å². The third-order valence-electron chi connectivity index (χ3n) is 2.94. The average Bonchev–Trinajstić information content (AvgIpc) is 2.74. The Kier molecular flexibility index (Phi) is 5.51. The van der Waals surface area contributed by atoms with Crippen LogP contribution in [0.2, 0.25) is 0 Å². The molecular weight excluding hydrogens is 369 g/mol. The highest BCUT2D eigenvalue weighted by molar-refractivity contribution is 14.1. The molecule has 1 atom stereocenters. The molecule has 1 aromatic carbocycles. The number of hydrogen-bond acceptors (Lipinski definition) is 3. The first-order chi connectivity index (χ1) is 9.72. The molecule has 5 nitrogen and oxygen atoms in total. The van der Waals surface area contributed by atoms with Crippen molar-refractivity contribution in [2.45, 2.75) is 19.0 Å². The minimum absolute atomic E-state index is 0.268. The van der Waals surface area contributed by atoms with E-state index in [0.29, 0.717) is 6.54 Å². The van der Waals surface area contributed by atoms with E-state index in [9.17, 15) is 9.59 Å². The van der Waals surface area contributed by atoms with Gasteiger partial charge in [-0.15, -0.1) is 0 Å². The summed E-state index contributed by atoms with van der Waals surface area (Å²) in [6.07, 6.45) is 2.64. The Morgan fingerprint density at radius 1 is 1.25 bits per heavy atom. The minimum Gasteiger partial charge on any atom is -0.308 e. The molecule has 1 N–H and O–H groups in total. The van der Waals surface area contributed by atoms with Crippen LogP contribution in [0.15, 0.2) is 35.3 Å². The molecule has 3 amide bonds. The van der Waals surface area contributed by atoms with E-state index in [1.54, 1.807) is 6.21 Å². The van der Waals surface area contributed by atoms with Crippen molar-refractivity contribution in [2.75, 3.05) is 11.0 Å². The lowest BCUT2D eigenvalue weighted by Crippen LogP contribution is -2.32. The van der Waals surface area contributed by atoms with Crippen molar-refractivity contribution in [1.29, 1.82) is 0 Å². The summed E-state index contributed by atoms with van der Waals surface area (Å²) in [5.74, 6) is -0.268. The quantitative estimate of drug-likeness (QED) is 0.268. The second kappa shape index (κ2) is 7.37. The molecule has 1 aliphatic rings. The number of nitrogens with zero attached hydrogens (tertiary/aromatic N) is 2. The molecule has 20 heavy (non-hydrogen) atoms. The van der Waals surface area contributed by atoms with E-state index >= 15 is 0 Å². The normalized spacial score (nSPS) is 18.9. The molecule has 6 heteroatoms. The standard InChI is InChI=1S/C14H16IN3O2/c15-8-4-5-9-18-13(19)12(17-14(18)20)16-10-11-6-2-1-3-7-11/h1-3,6-7,10,12H,4-5,8-9H2,(H,17,20). The van der Waals surface area contributed by atoms with Crippen molar-refractivity contribution in [1.82, 2.24) is 10.2 Å². The molecule has 0 radical (unpaired) electrons. The Labute approximate surface area is 131 Å². The molecule has 1 fully saturated rings. The number of hydrogen-bond donors (Lipinski definition) is 1. The largest absolute Gasteiger partial charge is 0.326 e. The highest BCUT2D eigenvalue weighted by atomic mass is 127. The number of nitrogens with one attached hydrogen (secondary N) is 1. The van der Waals surface area contributed by atoms with Crippen molar-refractivity contribution in [3.05, 3.63) is 35.9 Å². The lowest BCUT2D eigenvalue weighted by molar-refractivity contribution is -0.127. The van der Waals surface area contributed by atoms with Crippen LogP contribution in [0, 0.1) is 0 Å². The Morgan fingerprint density at radius 2 is 2.00 bits per heavy atom. The lowest BCUT2D eigenvalue weighted by Gasteiger charge is -2.10. The number of alkyl halides is 1. The molecule has 1 saturated heterocycles. The number of carbonyl (C=O) groups excluding carboxylic acids is 2. The SMILES string of the molecule is O=C1NC(N=Cc2ccccc2)C(=O)N1CCCCI. The van der Waals surface area contributed by atoms with E-state index in [1.807, 2.05) is 30.3 Å². The van der Waals surface area contributed by atoms with Gasteiger partial charge in [-0.2, -0.15) is 0 Å². The zero-order valence-corrected chi connectivity index (χ0v) is 13.1. The van der Waals surface area contributed by atoms with E-state index in [1.165, 1.54) is 4.90 Å². The van der Waals surface area contributed by atoms with Crippen molar-refractivity contribution in [3.8, 4) is 0 Å². The van der Waals surface area contributed by atoms with Crippen molar-refractivity contribution < 1.29 is 9.59 Å². The molecule has 0 spiro atoms. The first-order valence-electron chi connectivity index (χ1n) is 6.48. The molecule has 1 heterocycles. The van der Waals surface area contributed by atoms with Crippen molar-refractivity contribution in [3.63, 3.8) is 0 Å². The van der Waals surface area contributed by atoms with E-state index in [-0.39, 0.29) is 11.9 Å². The van der Waals surface area contributed by atoms with Crippen LogP contribution in [-0.2, 0) is 4.79 Å². The van der Waals surface area contributed by atoms with Gasteiger partial charge in [0.25, 0.3) is 5.91 Å². The molecule has 0 saturated carbocycles. The Bertz CT molecular complexity index is 504. The van der Waals surface area contributed by atoms with Gasteiger partial charge in [-0.05, 0) is 22.8 Å². The topological polar surface area (TPSA) is 61.8 Å². The van der Waals surface area contributed by atoms with Crippen molar-refractivity contribution >= 4 is 40.7 Å². The third-order valence-corrected chi connectivity index (χ3v) is 3.71. The summed E-state index contributed by atoms with van der Waals surface area (Å²) < 4.78 is 1.02. The number of amides is 3. The molecule has 1 unspecified atom stereocenters. The maximum atomic E-state index is 12.1. The van der Waals surface area contributed by atoms with E-state index in [2.05, 4.69) is 32.9 Å². The van der Waals surface area contributed by atoms with Gasteiger partial charge in [0.05, 0.1) is 0 Å². The third kappa shape index (κ3) is 3.78. The summed E-state index contributed by atoms with van der Waals surface area (Å²) >= 11 is 2.28. The maximum Gasteiger partial charge on any atom is 0.326 e. The van der Waals surface area contributed by atoms with Gasteiger partial charge in [-0.1, -0.05) is 52.9 Å². The average molecular weight is 385 g/mol. The zero-order valence-electron chi connectivity index (χ0n) is 11.0. The molecule has 0 aliphatic carbocycles. The fourth-order valence-corrected chi connectivity index (χ4v) is 2.42. The predicted octanol–water partition coefficient (Wildman–Crippen LogP) is 2.20. The van der Waals surface area contributed by atoms with Gasteiger partial charge in [-0.25, -0.2) is 4.79 Å². The molecular formula is C14H16IN3O2. The van der Waals surface area contributed by atoms with Crippen molar-refractivity contribution in [2.24, 2.45) is 4.99 Å². The molecule has 0 aromatic heterocycles. The van der Waals surface area contributed by atoms with Gasteiger partial charge in [-0.3, -0.25) is 14.7 Å². The number of benzene rings is 1.